The van der Waals surface area contributed by atoms with Crippen molar-refractivity contribution < 1.29 is 9.53 Å². The zero-order valence-corrected chi connectivity index (χ0v) is 16.4. The molecule has 0 fully saturated rings. The zero-order chi connectivity index (χ0) is 17.8. The number of thiazole rings is 1. The number of ether oxygens (including phenoxy) is 1. The number of aromatic nitrogens is 1. The number of carbonyl (C=O) groups excluding carboxylic acids is 1. The van der Waals surface area contributed by atoms with Gasteiger partial charge in [0.25, 0.3) is 5.91 Å². The van der Waals surface area contributed by atoms with E-state index in [0.29, 0.717) is 15.9 Å². The number of nitrogens with one attached hydrogen (secondary N) is 1. The van der Waals surface area contributed by atoms with Gasteiger partial charge < -0.3 is 4.74 Å². The molecule has 0 radical (unpaired) electrons. The highest BCUT2D eigenvalue weighted by atomic mass is 79.9. The fraction of sp³-hybridized carbons (Fsp3) is 0.111. The minimum atomic E-state index is -0.645. The highest BCUT2D eigenvalue weighted by Gasteiger charge is 2.17. The molecule has 0 aliphatic rings. The van der Waals surface area contributed by atoms with Gasteiger partial charge in [-0.25, -0.2) is 4.98 Å². The van der Waals surface area contributed by atoms with Crippen molar-refractivity contribution in [2.24, 2.45) is 0 Å². The largest absolute Gasteiger partial charge is 0.481 e. The molecular weight excluding hydrogens is 424 g/mol. The number of anilines is 1. The summed E-state index contributed by atoms with van der Waals surface area (Å²) in [7, 11) is 0. The minimum Gasteiger partial charge on any atom is -0.481 e. The molecule has 3 aromatic rings. The summed E-state index contributed by atoms with van der Waals surface area (Å²) in [6.45, 7) is 1.69. The Morgan fingerprint density at radius 2 is 1.96 bits per heavy atom. The highest BCUT2D eigenvalue weighted by Crippen LogP contribution is 2.30. The Bertz CT molecular complexity index is 883. The van der Waals surface area contributed by atoms with Gasteiger partial charge in [0.2, 0.25) is 0 Å². The van der Waals surface area contributed by atoms with Gasteiger partial charge in [0.05, 0.1) is 5.69 Å². The van der Waals surface area contributed by atoms with E-state index in [4.69, 9.17) is 16.3 Å². The lowest BCUT2D eigenvalue weighted by atomic mass is 10.2. The maximum Gasteiger partial charge on any atom is 0.266 e. The van der Waals surface area contributed by atoms with Crippen LogP contribution in [0, 0.1) is 0 Å². The molecule has 1 amide bonds. The van der Waals surface area contributed by atoms with E-state index in [-0.39, 0.29) is 5.91 Å². The molecule has 1 aromatic heterocycles. The normalized spacial score (nSPS) is 11.8. The van der Waals surface area contributed by atoms with Gasteiger partial charge in [0, 0.05) is 20.4 Å². The van der Waals surface area contributed by atoms with Crippen molar-refractivity contribution in [2.45, 2.75) is 13.0 Å². The lowest BCUT2D eigenvalue weighted by molar-refractivity contribution is -0.122. The fourth-order valence-corrected chi connectivity index (χ4v) is 3.31. The molecule has 0 spiro atoms. The number of rotatable bonds is 5. The Labute approximate surface area is 162 Å². The predicted molar refractivity (Wildman–Crippen MR) is 105 cm³/mol. The summed E-state index contributed by atoms with van der Waals surface area (Å²) >= 11 is 10.9. The molecule has 0 aliphatic heterocycles. The quantitative estimate of drug-likeness (QED) is 0.562. The molecule has 25 heavy (non-hydrogen) atoms. The average Bonchev–Trinajstić information content (AvgIpc) is 3.05. The Morgan fingerprint density at radius 3 is 2.68 bits per heavy atom. The van der Waals surface area contributed by atoms with Crippen LogP contribution in [0.5, 0.6) is 5.75 Å². The topological polar surface area (TPSA) is 51.2 Å². The molecular formula is C18H14BrClN2O2S. The average molecular weight is 438 g/mol. The molecule has 7 heteroatoms. The van der Waals surface area contributed by atoms with Crippen LogP contribution in [0.2, 0.25) is 5.02 Å². The van der Waals surface area contributed by atoms with Gasteiger partial charge in [-0.15, -0.1) is 11.3 Å². The van der Waals surface area contributed by atoms with Crippen LogP contribution in [0.3, 0.4) is 0 Å². The Kier molecular flexibility index (Phi) is 5.73. The molecule has 0 saturated carbocycles. The van der Waals surface area contributed by atoms with E-state index in [9.17, 15) is 4.79 Å². The Morgan fingerprint density at radius 1 is 1.24 bits per heavy atom. The van der Waals surface area contributed by atoms with Crippen LogP contribution >= 0.6 is 38.9 Å². The molecule has 3 rings (SSSR count). The molecule has 0 bridgehead atoms. The number of halogens is 2. The lowest BCUT2D eigenvalue weighted by Gasteiger charge is -2.13. The second kappa shape index (κ2) is 7.99. The Hall–Kier alpha value is -1.89. The molecule has 128 valence electrons. The van der Waals surface area contributed by atoms with E-state index in [0.717, 1.165) is 15.7 Å². The van der Waals surface area contributed by atoms with E-state index in [1.54, 1.807) is 19.1 Å². The molecule has 1 atom stereocenters. The first-order chi connectivity index (χ1) is 12.0. The van der Waals surface area contributed by atoms with E-state index in [1.807, 2.05) is 41.8 Å². The highest BCUT2D eigenvalue weighted by molar-refractivity contribution is 9.10. The van der Waals surface area contributed by atoms with Crippen LogP contribution in [0.25, 0.3) is 11.3 Å². The van der Waals surface area contributed by atoms with E-state index in [2.05, 4.69) is 26.2 Å². The third kappa shape index (κ3) is 4.60. The minimum absolute atomic E-state index is 0.261. The van der Waals surface area contributed by atoms with Gasteiger partial charge in [0.15, 0.2) is 11.2 Å². The predicted octanol–water partition coefficient (Wildman–Crippen LogP) is 5.63. The molecule has 4 nitrogen and oxygen atoms in total. The molecule has 1 N–H and O–H groups in total. The van der Waals surface area contributed by atoms with Crippen LogP contribution in [-0.2, 0) is 4.79 Å². The number of carbonyl (C=O) groups is 1. The van der Waals surface area contributed by atoms with Gasteiger partial charge >= 0.3 is 0 Å². The summed E-state index contributed by atoms with van der Waals surface area (Å²) in [5.41, 5.74) is 1.56. The van der Waals surface area contributed by atoms with Crippen molar-refractivity contribution in [2.75, 3.05) is 5.32 Å². The standard InChI is InChI=1S/C18H14BrClN2O2S/c1-11(24-13-8-6-12(19)7-9-13)17(23)22-18-21-16(10-25-18)14-4-2-3-5-15(14)20/h2-11H,1H3,(H,21,22,23). The van der Waals surface area contributed by atoms with Gasteiger partial charge in [0.1, 0.15) is 5.75 Å². The second-order valence-corrected chi connectivity index (χ2v) is 7.40. The number of hydrogen-bond donors (Lipinski definition) is 1. The number of hydrogen-bond acceptors (Lipinski definition) is 4. The summed E-state index contributed by atoms with van der Waals surface area (Å²) in [5, 5.41) is 5.76. The third-order valence-corrected chi connectivity index (χ3v) is 5.00. The first-order valence-electron chi connectivity index (χ1n) is 7.46. The summed E-state index contributed by atoms with van der Waals surface area (Å²) in [4.78, 5) is 16.7. The maximum atomic E-state index is 12.3. The third-order valence-electron chi connectivity index (χ3n) is 3.38. The van der Waals surface area contributed by atoms with Crippen molar-refractivity contribution in [1.82, 2.24) is 4.98 Å². The van der Waals surface area contributed by atoms with Crippen molar-refractivity contribution in [3.05, 3.63) is 63.4 Å². The number of benzene rings is 2. The molecule has 2 aromatic carbocycles. The van der Waals surface area contributed by atoms with Crippen LogP contribution in [0.15, 0.2) is 58.4 Å². The van der Waals surface area contributed by atoms with Crippen LogP contribution in [-0.4, -0.2) is 17.0 Å². The monoisotopic (exact) mass is 436 g/mol. The van der Waals surface area contributed by atoms with Gasteiger partial charge in [-0.3, -0.25) is 10.1 Å². The first-order valence-corrected chi connectivity index (χ1v) is 9.51. The number of nitrogens with zero attached hydrogens (tertiary/aromatic N) is 1. The summed E-state index contributed by atoms with van der Waals surface area (Å²) in [6.07, 6.45) is -0.645. The summed E-state index contributed by atoms with van der Waals surface area (Å²) in [6, 6.07) is 14.8. The Balaban J connectivity index is 1.65. The van der Waals surface area contributed by atoms with Gasteiger partial charge in [-0.2, -0.15) is 0 Å². The van der Waals surface area contributed by atoms with Gasteiger partial charge in [-0.1, -0.05) is 45.7 Å². The molecule has 1 unspecified atom stereocenters. The first kappa shape index (κ1) is 17.9. The van der Waals surface area contributed by atoms with Crippen molar-refractivity contribution in [3.8, 4) is 17.0 Å². The van der Waals surface area contributed by atoms with Crippen LogP contribution in [0.4, 0.5) is 5.13 Å². The molecule has 0 saturated heterocycles. The molecule has 1 heterocycles. The smallest absolute Gasteiger partial charge is 0.266 e. The van der Waals surface area contributed by atoms with Crippen molar-refractivity contribution in [3.63, 3.8) is 0 Å². The van der Waals surface area contributed by atoms with E-state index >= 15 is 0 Å². The van der Waals surface area contributed by atoms with E-state index < -0.39 is 6.10 Å². The fourth-order valence-electron chi connectivity index (χ4n) is 2.10. The number of amides is 1. The van der Waals surface area contributed by atoms with Crippen molar-refractivity contribution in [1.29, 1.82) is 0 Å². The van der Waals surface area contributed by atoms with Crippen LogP contribution in [0.1, 0.15) is 6.92 Å². The second-order valence-electron chi connectivity index (χ2n) is 5.22. The SMILES string of the molecule is CC(Oc1ccc(Br)cc1)C(=O)Nc1nc(-c2ccccc2Cl)cs1. The summed E-state index contributed by atoms with van der Waals surface area (Å²) in [5.74, 6) is 0.365. The zero-order valence-electron chi connectivity index (χ0n) is 13.2. The molecule has 0 aliphatic carbocycles. The van der Waals surface area contributed by atoms with E-state index in [1.165, 1.54) is 11.3 Å². The summed E-state index contributed by atoms with van der Waals surface area (Å²) < 4.78 is 6.59. The van der Waals surface area contributed by atoms with Gasteiger partial charge in [-0.05, 0) is 37.3 Å². The maximum absolute atomic E-state index is 12.3. The lowest BCUT2D eigenvalue weighted by Crippen LogP contribution is -2.30. The van der Waals surface area contributed by atoms with Crippen molar-refractivity contribution >= 4 is 49.9 Å². The van der Waals surface area contributed by atoms with Crippen LogP contribution < -0.4 is 10.1 Å².